The Morgan fingerprint density at radius 1 is 1.26 bits per heavy atom. The molecule has 1 aliphatic carbocycles. The van der Waals surface area contributed by atoms with Crippen molar-refractivity contribution in [2.24, 2.45) is 5.84 Å². The monoisotopic (exact) mass is 265 g/mol. The van der Waals surface area contributed by atoms with Crippen LogP contribution in [0.3, 0.4) is 0 Å². The summed E-state index contributed by atoms with van der Waals surface area (Å²) in [5.74, 6) is 6.88. The van der Waals surface area contributed by atoms with Crippen LogP contribution < -0.4 is 16.6 Å². The van der Waals surface area contributed by atoms with Crippen molar-refractivity contribution >= 4 is 11.6 Å². The average molecular weight is 265 g/mol. The normalized spacial score (nSPS) is 23.7. The molecule has 0 aromatic carbocycles. The van der Waals surface area contributed by atoms with Gasteiger partial charge in [-0.25, -0.2) is 15.8 Å². The second kappa shape index (κ2) is 6.68. The molecule has 2 atom stereocenters. The van der Waals surface area contributed by atoms with Gasteiger partial charge in [-0.1, -0.05) is 26.2 Å². The van der Waals surface area contributed by atoms with Crippen LogP contribution in [0.5, 0.6) is 0 Å². The van der Waals surface area contributed by atoms with E-state index in [1.807, 2.05) is 6.92 Å². The molecule has 0 aliphatic heterocycles. The summed E-state index contributed by atoms with van der Waals surface area (Å²) in [4.78, 5) is 8.40. The smallest absolute Gasteiger partial charge is 0.148 e. The molecule has 19 heavy (non-hydrogen) atoms. The van der Waals surface area contributed by atoms with Gasteiger partial charge in [0.2, 0.25) is 0 Å². The van der Waals surface area contributed by atoms with Crippen LogP contribution in [0.15, 0.2) is 6.33 Å². The van der Waals surface area contributed by atoms with E-state index in [2.05, 4.69) is 20.7 Å². The van der Waals surface area contributed by atoms with Crippen molar-refractivity contribution in [2.45, 2.75) is 57.6 Å². The molecule has 2 unspecified atom stereocenters. The topological polar surface area (TPSA) is 96.1 Å². The van der Waals surface area contributed by atoms with Crippen molar-refractivity contribution in [3.8, 4) is 0 Å². The van der Waals surface area contributed by atoms with Crippen LogP contribution in [-0.2, 0) is 6.42 Å². The molecule has 6 heteroatoms. The lowest BCUT2D eigenvalue weighted by molar-refractivity contribution is 0.144. The fourth-order valence-electron chi connectivity index (χ4n) is 2.63. The zero-order chi connectivity index (χ0) is 13.7. The first-order valence-corrected chi connectivity index (χ1v) is 7.01. The first-order chi connectivity index (χ1) is 9.26. The van der Waals surface area contributed by atoms with Crippen molar-refractivity contribution in [3.63, 3.8) is 0 Å². The van der Waals surface area contributed by atoms with Crippen LogP contribution >= 0.6 is 0 Å². The van der Waals surface area contributed by atoms with Gasteiger partial charge < -0.3 is 15.8 Å². The summed E-state index contributed by atoms with van der Waals surface area (Å²) in [5.41, 5.74) is 3.55. The molecule has 1 aromatic rings. The van der Waals surface area contributed by atoms with Crippen molar-refractivity contribution in [1.29, 1.82) is 0 Å². The van der Waals surface area contributed by atoms with Gasteiger partial charge in [0.15, 0.2) is 0 Å². The number of hydrogen-bond donors (Lipinski definition) is 4. The molecule has 1 saturated carbocycles. The molecule has 0 radical (unpaired) electrons. The molecule has 0 spiro atoms. The first kappa shape index (κ1) is 14.0. The number of nitrogens with zero attached hydrogens (tertiary/aromatic N) is 2. The third-order valence-corrected chi connectivity index (χ3v) is 3.74. The Morgan fingerprint density at radius 2 is 2.00 bits per heavy atom. The van der Waals surface area contributed by atoms with Gasteiger partial charge in [0.1, 0.15) is 18.0 Å². The van der Waals surface area contributed by atoms with Crippen molar-refractivity contribution in [2.75, 3.05) is 10.7 Å². The Morgan fingerprint density at radius 3 is 2.74 bits per heavy atom. The maximum atomic E-state index is 10.2. The predicted molar refractivity (Wildman–Crippen MR) is 75.7 cm³/mol. The van der Waals surface area contributed by atoms with Crippen LogP contribution in [0.4, 0.5) is 11.6 Å². The van der Waals surface area contributed by atoms with Gasteiger partial charge in [-0.15, -0.1) is 0 Å². The van der Waals surface area contributed by atoms with E-state index in [1.165, 1.54) is 12.7 Å². The number of anilines is 2. The van der Waals surface area contributed by atoms with Crippen molar-refractivity contribution in [3.05, 3.63) is 11.9 Å². The zero-order valence-electron chi connectivity index (χ0n) is 11.4. The van der Waals surface area contributed by atoms with Gasteiger partial charge >= 0.3 is 0 Å². The van der Waals surface area contributed by atoms with Crippen molar-refractivity contribution in [1.82, 2.24) is 9.97 Å². The Bertz CT molecular complexity index is 412. The summed E-state index contributed by atoms with van der Waals surface area (Å²) < 4.78 is 0. The number of nitrogen functional groups attached to an aromatic ring is 1. The number of nitrogens with two attached hydrogens (primary N) is 1. The highest BCUT2D eigenvalue weighted by molar-refractivity contribution is 5.57. The molecule has 1 aromatic heterocycles. The molecule has 106 valence electrons. The van der Waals surface area contributed by atoms with Crippen LogP contribution in [-0.4, -0.2) is 27.2 Å². The lowest BCUT2D eigenvalue weighted by Gasteiger charge is -2.24. The Labute approximate surface area is 113 Å². The maximum absolute atomic E-state index is 10.2. The lowest BCUT2D eigenvalue weighted by Crippen LogP contribution is -2.33. The summed E-state index contributed by atoms with van der Waals surface area (Å²) in [5, 5.41) is 13.5. The zero-order valence-corrected chi connectivity index (χ0v) is 11.4. The largest absolute Gasteiger partial charge is 0.391 e. The van der Waals surface area contributed by atoms with E-state index in [-0.39, 0.29) is 12.1 Å². The molecule has 6 nitrogen and oxygen atoms in total. The predicted octanol–water partition coefficient (Wildman–Crippen LogP) is 1.43. The molecule has 1 heterocycles. The molecule has 1 fully saturated rings. The second-order valence-corrected chi connectivity index (χ2v) is 5.00. The third-order valence-electron chi connectivity index (χ3n) is 3.74. The van der Waals surface area contributed by atoms with Gasteiger partial charge in [-0.05, 0) is 19.3 Å². The van der Waals surface area contributed by atoms with Gasteiger partial charge in [-0.2, -0.15) is 0 Å². The maximum Gasteiger partial charge on any atom is 0.148 e. The number of hydrazine groups is 1. The molecule has 2 rings (SSSR count). The summed E-state index contributed by atoms with van der Waals surface area (Å²) in [7, 11) is 0. The van der Waals surface area contributed by atoms with E-state index < -0.39 is 0 Å². The second-order valence-electron chi connectivity index (χ2n) is 5.00. The van der Waals surface area contributed by atoms with Gasteiger partial charge in [0, 0.05) is 5.56 Å². The van der Waals surface area contributed by atoms with E-state index in [0.29, 0.717) is 5.82 Å². The van der Waals surface area contributed by atoms with E-state index in [4.69, 9.17) is 5.84 Å². The van der Waals surface area contributed by atoms with Gasteiger partial charge in [0.25, 0.3) is 0 Å². The molecular formula is C13H23N5O. The van der Waals surface area contributed by atoms with E-state index >= 15 is 0 Å². The number of nitrogens with one attached hydrogen (secondary N) is 2. The standard InChI is InChI=1S/C13H23N5O/c1-2-9-12(15-8-16-13(9)18-14)17-10-6-4-3-5-7-11(10)19/h8,10-11,19H,2-7,14H2,1H3,(H2,15,16,17,18). The highest BCUT2D eigenvalue weighted by Crippen LogP contribution is 2.25. The molecule has 5 N–H and O–H groups in total. The molecule has 0 saturated heterocycles. The quantitative estimate of drug-likeness (QED) is 0.374. The third kappa shape index (κ3) is 3.33. The Kier molecular flexibility index (Phi) is 4.93. The highest BCUT2D eigenvalue weighted by atomic mass is 16.3. The minimum Gasteiger partial charge on any atom is -0.391 e. The number of aliphatic hydroxyl groups excluding tert-OH is 1. The summed E-state index contributed by atoms with van der Waals surface area (Å²) in [6, 6.07) is 0.0633. The van der Waals surface area contributed by atoms with E-state index in [0.717, 1.165) is 43.5 Å². The van der Waals surface area contributed by atoms with Gasteiger partial charge in [-0.3, -0.25) is 0 Å². The van der Waals surface area contributed by atoms with Gasteiger partial charge in [0.05, 0.1) is 12.1 Å². The summed E-state index contributed by atoms with van der Waals surface area (Å²) >= 11 is 0. The van der Waals surface area contributed by atoms with Crippen LogP contribution in [0.2, 0.25) is 0 Å². The fraction of sp³-hybridized carbons (Fsp3) is 0.692. The first-order valence-electron chi connectivity index (χ1n) is 7.01. The Balaban J connectivity index is 2.17. The summed E-state index contributed by atoms with van der Waals surface area (Å²) in [6.07, 6.45) is 7.21. The number of hydrogen-bond acceptors (Lipinski definition) is 6. The van der Waals surface area contributed by atoms with E-state index in [9.17, 15) is 5.11 Å². The molecule has 0 bridgehead atoms. The fourth-order valence-corrected chi connectivity index (χ4v) is 2.63. The average Bonchev–Trinajstić information content (AvgIpc) is 2.64. The molecule has 1 aliphatic rings. The van der Waals surface area contributed by atoms with E-state index in [1.54, 1.807) is 0 Å². The van der Waals surface area contributed by atoms with Crippen LogP contribution in [0.25, 0.3) is 0 Å². The van der Waals surface area contributed by atoms with Crippen molar-refractivity contribution < 1.29 is 5.11 Å². The van der Waals surface area contributed by atoms with Crippen LogP contribution in [0, 0.1) is 0 Å². The summed E-state index contributed by atoms with van der Waals surface area (Å²) in [6.45, 7) is 2.04. The number of aromatic nitrogens is 2. The highest BCUT2D eigenvalue weighted by Gasteiger charge is 2.23. The lowest BCUT2D eigenvalue weighted by atomic mass is 10.1. The van der Waals surface area contributed by atoms with Crippen LogP contribution in [0.1, 0.15) is 44.6 Å². The minimum absolute atomic E-state index is 0.0633. The molecular weight excluding hydrogens is 242 g/mol. The molecule has 0 amide bonds. The number of aliphatic hydroxyl groups is 1. The Hall–Kier alpha value is -1.40. The minimum atomic E-state index is -0.309. The number of rotatable bonds is 4. The SMILES string of the molecule is CCc1c(NN)ncnc1NC1CCCCCC1O.